The largest absolute Gasteiger partial charge is 0.507 e. The highest BCUT2D eigenvalue weighted by molar-refractivity contribution is 6.11. The van der Waals surface area contributed by atoms with E-state index in [0.717, 1.165) is 18.4 Å². The van der Waals surface area contributed by atoms with Crippen LogP contribution in [0, 0.1) is 5.92 Å². The van der Waals surface area contributed by atoms with Gasteiger partial charge in [-0.2, -0.15) is 0 Å². The van der Waals surface area contributed by atoms with Gasteiger partial charge in [0.05, 0.1) is 11.5 Å². The van der Waals surface area contributed by atoms with Crippen LogP contribution in [0.2, 0.25) is 0 Å². The summed E-state index contributed by atoms with van der Waals surface area (Å²) >= 11 is 0. The number of hydrogen-bond acceptors (Lipinski definition) is 6. The van der Waals surface area contributed by atoms with Gasteiger partial charge in [0.25, 0.3) is 0 Å². The second-order valence-electron chi connectivity index (χ2n) is 9.50. The first-order valence-corrected chi connectivity index (χ1v) is 11.9. The van der Waals surface area contributed by atoms with Gasteiger partial charge in [-0.25, -0.2) is 4.79 Å². The lowest BCUT2D eigenvalue weighted by Crippen LogP contribution is -2.12. The molecule has 0 bridgehead atoms. The summed E-state index contributed by atoms with van der Waals surface area (Å²) in [6, 6.07) is 1.29. The van der Waals surface area contributed by atoms with Crippen LogP contribution in [0.1, 0.15) is 94.8 Å². The molecule has 2 rings (SSSR count). The van der Waals surface area contributed by atoms with Crippen molar-refractivity contribution in [3.63, 3.8) is 0 Å². The van der Waals surface area contributed by atoms with E-state index in [9.17, 15) is 19.8 Å². The van der Waals surface area contributed by atoms with E-state index < -0.39 is 11.7 Å². The van der Waals surface area contributed by atoms with Crippen LogP contribution in [-0.4, -0.2) is 23.1 Å². The van der Waals surface area contributed by atoms with Gasteiger partial charge in [0, 0.05) is 30.7 Å². The highest BCUT2D eigenvalue weighted by Crippen LogP contribution is 2.44. The number of fused-ring (bicyclic) bond motifs is 1. The van der Waals surface area contributed by atoms with Crippen molar-refractivity contribution < 1.29 is 24.2 Å². The van der Waals surface area contributed by atoms with Crippen molar-refractivity contribution in [3.05, 3.63) is 56.5 Å². The zero-order chi connectivity index (χ0) is 25.6. The molecule has 1 heterocycles. The van der Waals surface area contributed by atoms with E-state index in [4.69, 9.17) is 9.15 Å². The van der Waals surface area contributed by atoms with E-state index in [-0.39, 0.29) is 58.1 Å². The molecular weight excluding hydrogens is 432 g/mol. The number of methoxy groups -OCH3 is 1. The maximum absolute atomic E-state index is 13.2. The molecule has 0 saturated heterocycles. The molecule has 0 fully saturated rings. The molecule has 0 radical (unpaired) electrons. The molecule has 34 heavy (non-hydrogen) atoms. The normalized spacial score (nSPS) is 12.9. The molecule has 0 aliphatic carbocycles. The number of phenols is 2. The lowest BCUT2D eigenvalue weighted by Gasteiger charge is -2.20. The number of hydrogen-bond donors (Lipinski definition) is 2. The Hall–Kier alpha value is -2.86. The first-order valence-electron chi connectivity index (χ1n) is 11.9. The summed E-state index contributed by atoms with van der Waals surface area (Å²) in [5.41, 5.74) is 2.22. The van der Waals surface area contributed by atoms with Crippen molar-refractivity contribution >= 4 is 16.8 Å². The van der Waals surface area contributed by atoms with Gasteiger partial charge in [0.2, 0.25) is 0 Å². The molecular formula is C28H38O6. The van der Waals surface area contributed by atoms with Crippen LogP contribution in [0.3, 0.4) is 0 Å². The minimum absolute atomic E-state index is 0.0358. The Bertz CT molecular complexity index is 1140. The molecule has 1 aromatic heterocycles. The zero-order valence-electron chi connectivity index (χ0n) is 21.4. The molecule has 0 spiro atoms. The average Bonchev–Trinajstić information content (AvgIpc) is 2.73. The molecule has 2 N–H and O–H groups in total. The van der Waals surface area contributed by atoms with Crippen LogP contribution in [0.25, 0.3) is 11.0 Å². The molecule has 1 aromatic carbocycles. The fourth-order valence-corrected chi connectivity index (χ4v) is 4.11. The van der Waals surface area contributed by atoms with Gasteiger partial charge in [-0.05, 0) is 52.4 Å². The van der Waals surface area contributed by atoms with Crippen LogP contribution in [-0.2, 0) is 11.2 Å². The van der Waals surface area contributed by atoms with Crippen molar-refractivity contribution in [2.45, 2.75) is 79.8 Å². The number of allylic oxidation sites excluding steroid dienone is 4. The Morgan fingerprint density at radius 1 is 1.15 bits per heavy atom. The lowest BCUT2D eigenvalue weighted by molar-refractivity contribution is 0.0964. The number of ketones is 1. The smallest absolute Gasteiger partial charge is 0.336 e. The Morgan fingerprint density at radius 2 is 1.82 bits per heavy atom. The topological polar surface area (TPSA) is 97.0 Å². The molecule has 0 aliphatic heterocycles. The molecule has 1 unspecified atom stereocenters. The van der Waals surface area contributed by atoms with Gasteiger partial charge in [-0.15, -0.1) is 0 Å². The second kappa shape index (κ2) is 12.0. The maximum Gasteiger partial charge on any atom is 0.336 e. The Morgan fingerprint density at radius 3 is 2.38 bits per heavy atom. The summed E-state index contributed by atoms with van der Waals surface area (Å²) in [7, 11) is 1.52. The summed E-state index contributed by atoms with van der Waals surface area (Å²) in [6.45, 7) is 11.8. The van der Waals surface area contributed by atoms with Crippen LogP contribution in [0.15, 0.2) is 38.6 Å². The van der Waals surface area contributed by atoms with Crippen molar-refractivity contribution in [3.8, 4) is 11.5 Å². The number of aromatic hydroxyl groups is 2. The Labute approximate surface area is 201 Å². The van der Waals surface area contributed by atoms with Gasteiger partial charge in [-0.3, -0.25) is 4.79 Å². The quantitative estimate of drug-likeness (QED) is 0.214. The Kier molecular flexibility index (Phi) is 9.68. The van der Waals surface area contributed by atoms with Gasteiger partial charge >= 0.3 is 5.63 Å². The van der Waals surface area contributed by atoms with Crippen molar-refractivity contribution in [1.29, 1.82) is 0 Å². The number of Topliss-reactive ketones (excluding diaryl/α,β-unsaturated/α-hetero) is 1. The summed E-state index contributed by atoms with van der Waals surface area (Å²) < 4.78 is 11.0. The first-order chi connectivity index (χ1) is 16.0. The van der Waals surface area contributed by atoms with Crippen LogP contribution >= 0.6 is 0 Å². The van der Waals surface area contributed by atoms with E-state index in [1.165, 1.54) is 18.7 Å². The monoisotopic (exact) mass is 470 g/mol. The van der Waals surface area contributed by atoms with Crippen molar-refractivity contribution in [2.24, 2.45) is 5.92 Å². The van der Waals surface area contributed by atoms with E-state index in [0.29, 0.717) is 12.0 Å². The first kappa shape index (κ1) is 27.4. The molecule has 2 aromatic rings. The van der Waals surface area contributed by atoms with Crippen LogP contribution in [0.5, 0.6) is 11.5 Å². The van der Waals surface area contributed by atoms with Crippen LogP contribution < -0.4 is 5.63 Å². The average molecular weight is 471 g/mol. The number of carbonyl (C=O) groups excluding carboxylic acids is 1. The van der Waals surface area contributed by atoms with E-state index in [2.05, 4.69) is 19.9 Å². The maximum atomic E-state index is 13.2. The van der Waals surface area contributed by atoms with E-state index in [1.807, 2.05) is 33.8 Å². The number of benzene rings is 1. The fraction of sp³-hybridized carbons (Fsp3) is 0.500. The summed E-state index contributed by atoms with van der Waals surface area (Å²) in [4.78, 5) is 25.6. The third-order valence-corrected chi connectivity index (χ3v) is 5.88. The molecule has 6 heteroatoms. The van der Waals surface area contributed by atoms with Crippen LogP contribution in [0.4, 0.5) is 0 Å². The predicted molar refractivity (Wildman–Crippen MR) is 136 cm³/mol. The zero-order valence-corrected chi connectivity index (χ0v) is 21.4. The molecule has 186 valence electrons. The minimum atomic E-state index is -0.668. The molecule has 0 amide bonds. The number of phenolic OH excluding ortho intramolecular Hbond substituents is 2. The third kappa shape index (κ3) is 6.38. The van der Waals surface area contributed by atoms with Crippen molar-refractivity contribution in [2.75, 3.05) is 7.11 Å². The molecule has 6 nitrogen and oxygen atoms in total. The second-order valence-corrected chi connectivity index (χ2v) is 9.50. The van der Waals surface area contributed by atoms with Gasteiger partial charge in [0.15, 0.2) is 11.4 Å². The molecule has 1 atom stereocenters. The summed E-state index contributed by atoms with van der Waals surface area (Å²) in [6.07, 6.45) is 6.32. The minimum Gasteiger partial charge on any atom is -0.507 e. The lowest BCUT2D eigenvalue weighted by atomic mass is 9.91. The molecule has 0 aliphatic rings. The standard InChI is InChI=1S/C28H38O6/c1-8-22(33-7)20-15-23(30)34-28-24(20)26(31)19(13-12-18(6)11-9-10-16(2)3)27(32)25(28)21(29)14-17(4)5/h10,12,15,17,22,31-32H,8-9,11,13-14H2,1-7H3/b18-12+. The highest BCUT2D eigenvalue weighted by Gasteiger charge is 2.29. The van der Waals surface area contributed by atoms with E-state index in [1.54, 1.807) is 0 Å². The van der Waals surface area contributed by atoms with Gasteiger partial charge < -0.3 is 19.4 Å². The number of ether oxygens (including phenoxy) is 1. The van der Waals surface area contributed by atoms with Crippen molar-refractivity contribution in [1.82, 2.24) is 0 Å². The SMILES string of the molecule is CCC(OC)c1cc(=O)oc2c(C(=O)CC(C)C)c(O)c(C/C=C(\C)CCC=C(C)C)c(O)c12. The number of rotatable bonds is 11. The predicted octanol–water partition coefficient (Wildman–Crippen LogP) is 6.77. The summed E-state index contributed by atoms with van der Waals surface area (Å²) in [5.74, 6) is -0.839. The summed E-state index contributed by atoms with van der Waals surface area (Å²) in [5, 5.41) is 22.6. The third-order valence-electron chi connectivity index (χ3n) is 5.88. The van der Waals surface area contributed by atoms with E-state index >= 15 is 0 Å². The fourth-order valence-electron chi connectivity index (χ4n) is 4.11. The van der Waals surface area contributed by atoms with Gasteiger partial charge in [0.1, 0.15) is 17.1 Å². The Balaban J connectivity index is 2.78. The highest BCUT2D eigenvalue weighted by atomic mass is 16.5. The van der Waals surface area contributed by atoms with Gasteiger partial charge in [-0.1, -0.05) is 44.1 Å². The number of carbonyl (C=O) groups is 1. The molecule has 0 saturated carbocycles.